The molecule has 0 bridgehead atoms. The lowest BCUT2D eigenvalue weighted by atomic mass is 10.1. The highest BCUT2D eigenvalue weighted by atomic mass is 32.2. The van der Waals surface area contributed by atoms with Crippen molar-refractivity contribution in [3.05, 3.63) is 83.4 Å². The van der Waals surface area contributed by atoms with E-state index in [9.17, 15) is 13.2 Å². The molecule has 0 atom stereocenters. The van der Waals surface area contributed by atoms with Gasteiger partial charge in [-0.05, 0) is 75.1 Å². The zero-order valence-electron chi connectivity index (χ0n) is 22.4. The van der Waals surface area contributed by atoms with Gasteiger partial charge in [-0.1, -0.05) is 12.1 Å². The lowest BCUT2D eigenvalue weighted by molar-refractivity contribution is 0.102. The molecule has 1 amide bonds. The number of aromatic nitrogens is 6. The number of nitrogens with one attached hydrogen (secondary N) is 1. The third-order valence-electron chi connectivity index (χ3n) is 7.24. The van der Waals surface area contributed by atoms with Crippen LogP contribution in [0.1, 0.15) is 40.0 Å². The topological polar surface area (TPSA) is 128 Å². The van der Waals surface area contributed by atoms with Gasteiger partial charge in [0.15, 0.2) is 11.5 Å². The number of benzene rings is 2. The number of sulfonamides is 1. The zero-order chi connectivity index (χ0) is 28.0. The van der Waals surface area contributed by atoms with Crippen molar-refractivity contribution in [1.82, 2.24) is 33.8 Å². The van der Waals surface area contributed by atoms with Crippen LogP contribution in [0.15, 0.2) is 66.0 Å². The van der Waals surface area contributed by atoms with Gasteiger partial charge in [0.25, 0.3) is 5.91 Å². The fraction of sp³-hybridized carbons (Fsp3) is 0.250. The number of hydrogen-bond acceptors (Lipinski definition) is 7. The van der Waals surface area contributed by atoms with Crippen LogP contribution in [0.3, 0.4) is 0 Å². The van der Waals surface area contributed by atoms with Crippen molar-refractivity contribution >= 4 is 32.8 Å². The van der Waals surface area contributed by atoms with Crippen LogP contribution in [0.25, 0.3) is 22.5 Å². The van der Waals surface area contributed by atoms with Gasteiger partial charge in [0.1, 0.15) is 12.1 Å². The number of fused-ring (bicyclic) bond motifs is 1. The predicted molar refractivity (Wildman–Crippen MR) is 150 cm³/mol. The molecule has 0 aliphatic carbocycles. The molecular formula is C28H28N8O3S. The Morgan fingerprint density at radius 2 is 1.70 bits per heavy atom. The Balaban J connectivity index is 1.31. The molecule has 3 aromatic heterocycles. The van der Waals surface area contributed by atoms with Gasteiger partial charge in [-0.25, -0.2) is 23.1 Å². The average molecular weight is 557 g/mol. The summed E-state index contributed by atoms with van der Waals surface area (Å²) in [5.74, 6) is 0.482. The van der Waals surface area contributed by atoms with Gasteiger partial charge < -0.3 is 5.32 Å². The van der Waals surface area contributed by atoms with Crippen molar-refractivity contribution < 1.29 is 13.2 Å². The molecule has 1 saturated heterocycles. The summed E-state index contributed by atoms with van der Waals surface area (Å²) in [6, 6.07) is 13.7. The third kappa shape index (κ3) is 4.44. The number of carbonyl (C=O) groups excluding carboxylic acids is 1. The zero-order valence-corrected chi connectivity index (χ0v) is 23.2. The molecule has 4 heterocycles. The molecule has 204 valence electrons. The summed E-state index contributed by atoms with van der Waals surface area (Å²) in [6.45, 7) is 6.95. The second-order valence-corrected chi connectivity index (χ2v) is 11.8. The van der Waals surface area contributed by atoms with E-state index in [1.807, 2.05) is 39.0 Å². The highest BCUT2D eigenvalue weighted by molar-refractivity contribution is 7.89. The Bertz CT molecular complexity index is 1850. The quantitative estimate of drug-likeness (QED) is 0.335. The molecule has 40 heavy (non-hydrogen) atoms. The van der Waals surface area contributed by atoms with Crippen LogP contribution in [0, 0.1) is 20.8 Å². The van der Waals surface area contributed by atoms with E-state index in [2.05, 4.69) is 25.5 Å². The Kier molecular flexibility index (Phi) is 6.43. The van der Waals surface area contributed by atoms with Gasteiger partial charge in [-0.15, -0.1) is 0 Å². The SMILES string of the molecule is Cc1cc(NC(=O)c2ccc(S(=O)(=O)N3CCCC3)cc2)n(-c2ncnc3c2cnn3-c2cccc(C)c2C)n1. The molecule has 1 aliphatic heterocycles. The van der Waals surface area contributed by atoms with Crippen LogP contribution in [-0.2, 0) is 10.0 Å². The Labute approximate surface area is 231 Å². The number of amides is 1. The lowest BCUT2D eigenvalue weighted by Crippen LogP contribution is -2.27. The molecule has 0 unspecified atom stereocenters. The number of nitrogens with zero attached hydrogens (tertiary/aromatic N) is 7. The first-order valence-corrected chi connectivity index (χ1v) is 14.4. The monoisotopic (exact) mass is 556 g/mol. The number of hydrogen-bond donors (Lipinski definition) is 1. The van der Waals surface area contributed by atoms with Crippen molar-refractivity contribution in [2.75, 3.05) is 18.4 Å². The summed E-state index contributed by atoms with van der Waals surface area (Å²) in [7, 11) is -3.56. The van der Waals surface area contributed by atoms with Crippen molar-refractivity contribution in [2.24, 2.45) is 0 Å². The van der Waals surface area contributed by atoms with Gasteiger partial charge >= 0.3 is 0 Å². The number of rotatable bonds is 6. The van der Waals surface area contributed by atoms with Crippen molar-refractivity contribution in [3.8, 4) is 11.5 Å². The molecule has 1 fully saturated rings. The molecule has 0 radical (unpaired) electrons. The third-order valence-corrected chi connectivity index (χ3v) is 9.15. The highest BCUT2D eigenvalue weighted by Crippen LogP contribution is 2.27. The summed E-state index contributed by atoms with van der Waals surface area (Å²) in [5, 5.41) is 12.7. The number of carbonyl (C=O) groups is 1. The second-order valence-electron chi connectivity index (χ2n) is 9.88. The molecule has 5 aromatic rings. The number of anilines is 1. The summed E-state index contributed by atoms with van der Waals surface area (Å²) >= 11 is 0. The van der Waals surface area contributed by atoms with E-state index in [0.717, 1.165) is 29.7 Å². The maximum Gasteiger partial charge on any atom is 0.256 e. The van der Waals surface area contributed by atoms with Crippen molar-refractivity contribution in [2.45, 2.75) is 38.5 Å². The Morgan fingerprint density at radius 3 is 2.45 bits per heavy atom. The van der Waals surface area contributed by atoms with Crippen molar-refractivity contribution in [3.63, 3.8) is 0 Å². The smallest absolute Gasteiger partial charge is 0.256 e. The van der Waals surface area contributed by atoms with Gasteiger partial charge in [0.2, 0.25) is 10.0 Å². The van der Waals surface area contributed by atoms with Crippen LogP contribution in [0.5, 0.6) is 0 Å². The first kappa shape index (κ1) is 25.8. The van der Waals surface area contributed by atoms with E-state index in [0.29, 0.717) is 47.0 Å². The van der Waals surface area contributed by atoms with Gasteiger partial charge in [-0.2, -0.15) is 19.2 Å². The summed E-state index contributed by atoms with van der Waals surface area (Å²) in [6.07, 6.45) is 4.85. The maximum absolute atomic E-state index is 13.2. The first-order chi connectivity index (χ1) is 19.2. The Hall–Kier alpha value is -4.42. The second kappa shape index (κ2) is 9.96. The fourth-order valence-corrected chi connectivity index (χ4v) is 6.45. The highest BCUT2D eigenvalue weighted by Gasteiger charge is 2.27. The fourth-order valence-electron chi connectivity index (χ4n) is 4.94. The minimum Gasteiger partial charge on any atom is -0.306 e. The van der Waals surface area contributed by atoms with Gasteiger partial charge in [0.05, 0.1) is 27.9 Å². The predicted octanol–water partition coefficient (Wildman–Crippen LogP) is 3.96. The van der Waals surface area contributed by atoms with Crippen LogP contribution in [0.2, 0.25) is 0 Å². The minimum atomic E-state index is -3.56. The molecule has 6 rings (SSSR count). The summed E-state index contributed by atoms with van der Waals surface area (Å²) in [4.78, 5) is 22.3. The van der Waals surface area contributed by atoms with E-state index < -0.39 is 15.9 Å². The molecular weight excluding hydrogens is 528 g/mol. The van der Waals surface area contributed by atoms with E-state index >= 15 is 0 Å². The normalized spacial score (nSPS) is 14.2. The molecule has 0 saturated carbocycles. The van der Waals surface area contributed by atoms with E-state index in [-0.39, 0.29) is 4.90 Å². The Morgan fingerprint density at radius 1 is 0.950 bits per heavy atom. The van der Waals surface area contributed by atoms with Crippen LogP contribution < -0.4 is 5.32 Å². The lowest BCUT2D eigenvalue weighted by Gasteiger charge is -2.15. The van der Waals surface area contributed by atoms with Gasteiger partial charge in [-0.3, -0.25) is 4.79 Å². The molecule has 12 heteroatoms. The summed E-state index contributed by atoms with van der Waals surface area (Å²) in [5.41, 5.74) is 4.76. The van der Waals surface area contributed by atoms with E-state index in [4.69, 9.17) is 0 Å². The molecule has 11 nitrogen and oxygen atoms in total. The van der Waals surface area contributed by atoms with Gasteiger partial charge in [0, 0.05) is 24.7 Å². The van der Waals surface area contributed by atoms with Crippen molar-refractivity contribution in [1.29, 1.82) is 0 Å². The van der Waals surface area contributed by atoms with Crippen LogP contribution in [0.4, 0.5) is 5.82 Å². The van der Waals surface area contributed by atoms with E-state index in [1.165, 1.54) is 34.9 Å². The minimum absolute atomic E-state index is 0.177. The summed E-state index contributed by atoms with van der Waals surface area (Å²) < 4.78 is 30.5. The molecule has 0 spiro atoms. The average Bonchev–Trinajstić information content (AvgIpc) is 3.71. The first-order valence-electron chi connectivity index (χ1n) is 13.0. The largest absolute Gasteiger partial charge is 0.306 e. The van der Waals surface area contributed by atoms with Crippen LogP contribution in [-0.4, -0.2) is 61.2 Å². The molecule has 1 N–H and O–H groups in total. The standard InChI is InChI=1S/C28H28N8O3S/c1-18-7-6-8-24(20(18)3)35-26-23(16-31-35)27(30-17-29-26)36-25(15-19(2)33-36)32-28(37)21-9-11-22(12-10-21)40(38,39)34-13-4-5-14-34/h6-12,15-17H,4-5,13-14H2,1-3H3,(H,32,37). The number of aryl methyl sites for hydroxylation is 2. The van der Waals surface area contributed by atoms with E-state index in [1.54, 1.807) is 21.6 Å². The van der Waals surface area contributed by atoms with Crippen LogP contribution >= 0.6 is 0 Å². The molecule has 1 aliphatic rings. The molecule has 2 aromatic carbocycles. The maximum atomic E-state index is 13.2.